The van der Waals surface area contributed by atoms with Gasteiger partial charge in [0.05, 0.1) is 48.1 Å². The molecule has 4 atom stereocenters. The Balaban J connectivity index is 1.33. The Kier molecular flexibility index (Phi) is 13.9. The fraction of sp³-hybridized carbons (Fsp3) is 0.425. The van der Waals surface area contributed by atoms with Crippen molar-refractivity contribution in [3.63, 3.8) is 0 Å². The predicted octanol–water partition coefficient (Wildman–Crippen LogP) is 4.98. The lowest BCUT2D eigenvalue weighted by Gasteiger charge is -2.36. The Morgan fingerprint density at radius 1 is 1.11 bits per heavy atom. The molecule has 2 heterocycles. The van der Waals surface area contributed by atoms with E-state index in [1.807, 2.05) is 45.2 Å². The molecule has 296 valence electrons. The van der Waals surface area contributed by atoms with E-state index in [-0.39, 0.29) is 53.5 Å². The molecule has 0 spiro atoms. The van der Waals surface area contributed by atoms with Gasteiger partial charge in [-0.05, 0) is 88.2 Å². The monoisotopic (exact) mass is 775 g/mol. The van der Waals surface area contributed by atoms with Gasteiger partial charge < -0.3 is 35.1 Å². The van der Waals surface area contributed by atoms with Crippen molar-refractivity contribution in [1.82, 2.24) is 19.4 Å². The summed E-state index contributed by atoms with van der Waals surface area (Å²) in [5.41, 5.74) is 8.92. The summed E-state index contributed by atoms with van der Waals surface area (Å²) in [4.78, 5) is 35.0. The molecule has 14 nitrogen and oxygen atoms in total. The molecule has 0 saturated carbocycles. The van der Waals surface area contributed by atoms with Gasteiger partial charge in [0, 0.05) is 56.7 Å². The number of amides is 2. The van der Waals surface area contributed by atoms with Crippen LogP contribution in [0.3, 0.4) is 0 Å². The average molecular weight is 776 g/mol. The zero-order chi connectivity index (χ0) is 39.7. The summed E-state index contributed by atoms with van der Waals surface area (Å²) < 4.78 is 43.1. The number of nitrogen functional groups attached to an aromatic ring is 1. The highest BCUT2D eigenvalue weighted by atomic mass is 32.2. The highest BCUT2D eigenvalue weighted by molar-refractivity contribution is 7.92. The van der Waals surface area contributed by atoms with Crippen LogP contribution < -0.4 is 20.5 Å². The van der Waals surface area contributed by atoms with Crippen LogP contribution in [-0.4, -0.2) is 96.3 Å². The van der Waals surface area contributed by atoms with Gasteiger partial charge in [0.25, 0.3) is 21.8 Å². The molecule has 1 aliphatic rings. The van der Waals surface area contributed by atoms with Crippen LogP contribution in [-0.2, 0) is 28.4 Å². The van der Waals surface area contributed by atoms with Crippen molar-refractivity contribution < 1.29 is 32.6 Å². The minimum absolute atomic E-state index is 0.152. The number of nitrogens with zero attached hydrogens (tertiary/aromatic N) is 4. The first-order valence-electron chi connectivity index (χ1n) is 18.5. The third-order valence-corrected chi connectivity index (χ3v) is 10.9. The van der Waals surface area contributed by atoms with Gasteiger partial charge in [-0.15, -0.1) is 0 Å². The van der Waals surface area contributed by atoms with E-state index in [0.29, 0.717) is 48.8 Å². The van der Waals surface area contributed by atoms with E-state index in [9.17, 15) is 23.1 Å². The third-order valence-electron chi connectivity index (χ3n) is 9.63. The van der Waals surface area contributed by atoms with Gasteiger partial charge in [0.2, 0.25) is 0 Å². The second-order valence-electron chi connectivity index (χ2n) is 14.4. The van der Waals surface area contributed by atoms with E-state index in [4.69, 9.17) is 15.2 Å². The largest absolute Gasteiger partial charge is 0.490 e. The topological polar surface area (TPSA) is 181 Å². The number of ether oxygens (including phenoxy) is 2. The van der Waals surface area contributed by atoms with E-state index < -0.39 is 22.0 Å². The van der Waals surface area contributed by atoms with Crippen molar-refractivity contribution in [2.45, 2.75) is 69.9 Å². The molecule has 4 aromatic rings. The van der Waals surface area contributed by atoms with Crippen molar-refractivity contribution >= 4 is 38.9 Å². The van der Waals surface area contributed by atoms with Crippen LogP contribution in [0.5, 0.6) is 5.75 Å². The Morgan fingerprint density at radius 2 is 1.85 bits per heavy atom. The molecule has 0 aliphatic carbocycles. The number of carbonyl (C=O) groups is 2. The summed E-state index contributed by atoms with van der Waals surface area (Å²) >= 11 is 0. The maximum atomic E-state index is 14.5. The molecular weight excluding hydrogens is 723 g/mol. The number of hydrogen-bond donors (Lipinski definition) is 4. The lowest BCUT2D eigenvalue weighted by molar-refractivity contribution is -0.0177. The zero-order valence-electron chi connectivity index (χ0n) is 32.1. The number of aliphatic hydroxyl groups excluding tert-OH is 1. The zero-order valence-corrected chi connectivity index (χ0v) is 33.0. The molecule has 0 bridgehead atoms. The summed E-state index contributed by atoms with van der Waals surface area (Å²) in [5, 5.41) is 13.0. The molecule has 3 aromatic carbocycles. The summed E-state index contributed by atoms with van der Waals surface area (Å²) in [6.07, 6.45) is 4.66. The fourth-order valence-corrected chi connectivity index (χ4v) is 7.47. The van der Waals surface area contributed by atoms with Gasteiger partial charge in [0.1, 0.15) is 5.75 Å². The average Bonchev–Trinajstić information content (AvgIpc) is 3.61. The number of aromatic nitrogens is 2. The van der Waals surface area contributed by atoms with Crippen molar-refractivity contribution in [3.8, 4) is 5.75 Å². The summed E-state index contributed by atoms with van der Waals surface area (Å²) in [7, 11) is -0.355. The smallest absolute Gasteiger partial charge is 0.280 e. The highest BCUT2D eigenvalue weighted by Gasteiger charge is 2.31. The number of carbonyl (C=O) groups excluding carboxylic acids is 2. The van der Waals surface area contributed by atoms with E-state index in [2.05, 4.69) is 19.9 Å². The van der Waals surface area contributed by atoms with Crippen LogP contribution in [0.15, 0.2) is 84.3 Å². The molecule has 0 unspecified atom stereocenters. The molecule has 15 heteroatoms. The van der Waals surface area contributed by atoms with E-state index >= 15 is 0 Å². The summed E-state index contributed by atoms with van der Waals surface area (Å²) in [6, 6.07) is 18.6. The molecule has 0 radical (unpaired) electrons. The number of anilines is 3. The second kappa shape index (κ2) is 18.6. The molecule has 1 aliphatic heterocycles. The second-order valence-corrected chi connectivity index (χ2v) is 16.1. The fourth-order valence-electron chi connectivity index (χ4n) is 6.43. The first kappa shape index (κ1) is 41.2. The number of benzene rings is 3. The lowest BCUT2D eigenvalue weighted by Crippen LogP contribution is -2.47. The molecule has 5 rings (SSSR count). The number of sulfonamides is 1. The number of nitrogens with one attached hydrogen (secondary N) is 2. The van der Waals surface area contributed by atoms with Gasteiger partial charge >= 0.3 is 0 Å². The van der Waals surface area contributed by atoms with Crippen LogP contribution >= 0.6 is 0 Å². The Hall–Kier alpha value is -4.96. The maximum Gasteiger partial charge on any atom is 0.280 e. The van der Waals surface area contributed by atoms with Crippen LogP contribution in [0.4, 0.5) is 17.1 Å². The minimum atomic E-state index is -4.03. The molecule has 0 fully saturated rings. The summed E-state index contributed by atoms with van der Waals surface area (Å²) in [5.74, 6) is -0.480. The quantitative estimate of drug-likeness (QED) is 0.152. The number of para-hydroxylation sites is 2. The van der Waals surface area contributed by atoms with Crippen molar-refractivity contribution in [2.75, 3.05) is 49.1 Å². The number of nitrogens with two attached hydrogens (primary N) is 1. The van der Waals surface area contributed by atoms with E-state index in [1.54, 1.807) is 55.3 Å². The number of hydrogen-bond acceptors (Lipinski definition) is 10. The molecule has 5 N–H and O–H groups in total. The molecule has 0 saturated heterocycles. The Morgan fingerprint density at radius 3 is 2.55 bits per heavy atom. The minimum Gasteiger partial charge on any atom is -0.490 e. The lowest BCUT2D eigenvalue weighted by atomic mass is 10.0. The van der Waals surface area contributed by atoms with Crippen LogP contribution in [0, 0.1) is 5.92 Å². The predicted molar refractivity (Wildman–Crippen MR) is 212 cm³/mol. The SMILES string of the molecule is C[C@@H]1CCCCO[C@@H](CN(C)Cc2ccc(C(=O)Nc3ccccc3N)cc2)[C@@H](C)CN([C@H](C)CO)C(=O)c2cc(NS(=O)(=O)c3cn(C)cn3)ccc2O1. The molecule has 55 heavy (non-hydrogen) atoms. The van der Waals surface area contributed by atoms with Gasteiger partial charge in [-0.25, -0.2) is 4.98 Å². The van der Waals surface area contributed by atoms with Crippen molar-refractivity contribution in [1.29, 1.82) is 0 Å². The standard InChI is InChI=1S/C40H53N7O7S/c1-27-21-47(28(2)25-48)40(50)33-20-32(44-55(51,52)38-24-46(5)26-42-38)17-18-36(33)54-29(3)10-8-9-19-53-37(27)23-45(4)22-30-13-15-31(16-14-30)39(49)43-35-12-7-6-11-34(35)41/h6-7,11-18,20,24,26-29,37,44,48H,8-10,19,21-23,25,41H2,1-5H3,(H,43,49)/t27-,28+,29+,37-/m0/s1. The normalized spacial score (nSPS) is 19.2. The molecular formula is C40H53N7O7S. The number of aryl methyl sites for hydroxylation is 1. The van der Waals surface area contributed by atoms with E-state index in [1.165, 1.54) is 23.2 Å². The Labute approximate surface area is 323 Å². The van der Waals surface area contributed by atoms with Gasteiger partial charge in [-0.2, -0.15) is 8.42 Å². The van der Waals surface area contributed by atoms with Crippen LogP contribution in [0.25, 0.3) is 0 Å². The number of likely N-dealkylation sites (N-methyl/N-ethyl adjacent to an activating group) is 1. The van der Waals surface area contributed by atoms with Crippen molar-refractivity contribution in [2.24, 2.45) is 13.0 Å². The first-order valence-corrected chi connectivity index (χ1v) is 20.0. The summed E-state index contributed by atoms with van der Waals surface area (Å²) in [6.45, 7) is 7.39. The van der Waals surface area contributed by atoms with Gasteiger partial charge in [-0.3, -0.25) is 19.2 Å². The molecule has 1 aromatic heterocycles. The third kappa shape index (κ3) is 11.1. The number of rotatable bonds is 11. The highest BCUT2D eigenvalue weighted by Crippen LogP contribution is 2.29. The number of imidazole rings is 1. The van der Waals surface area contributed by atoms with Crippen molar-refractivity contribution in [3.05, 3.63) is 95.9 Å². The number of fused-ring (bicyclic) bond motifs is 1. The maximum absolute atomic E-state index is 14.5. The van der Waals surface area contributed by atoms with E-state index in [0.717, 1.165) is 18.4 Å². The van der Waals surface area contributed by atoms with Crippen LogP contribution in [0.2, 0.25) is 0 Å². The number of aliphatic hydroxyl groups is 1. The van der Waals surface area contributed by atoms with Crippen LogP contribution in [0.1, 0.15) is 66.3 Å². The first-order chi connectivity index (χ1) is 26.2. The van der Waals surface area contributed by atoms with Gasteiger partial charge in [0.15, 0.2) is 5.03 Å². The van der Waals surface area contributed by atoms with Gasteiger partial charge in [-0.1, -0.05) is 31.2 Å². The molecule has 2 amide bonds. The Bertz CT molecular complexity index is 2020.